The number of halogens is 5. The molecular weight excluding hydrogens is 524 g/mol. The standard InChI is InChI=1S/C19H13Cl2F3N4O5S/c20-12-2-1-9(14(21)4-12)8-34(32,33)27-17(29)11-6-28(7-11)16-10(5-25)3-13(18(30)31)15(26-16)19(22,23)24/h1-4,11H,6-8H2,(H,27,29)(H,30,31)/p-1. The summed E-state index contributed by atoms with van der Waals surface area (Å²) < 4.78 is 66.2. The summed E-state index contributed by atoms with van der Waals surface area (Å²) >= 11 is 11.7. The first-order valence-corrected chi connectivity index (χ1v) is 11.6. The molecule has 1 amide bonds. The molecule has 180 valence electrons. The molecule has 3 rings (SSSR count). The van der Waals surface area contributed by atoms with Crippen LogP contribution < -0.4 is 14.7 Å². The minimum atomic E-state index is -5.14. The molecular formula is C19H12Cl2F3N4O5S-. The van der Waals surface area contributed by atoms with E-state index in [1.165, 1.54) is 18.2 Å². The zero-order valence-electron chi connectivity index (χ0n) is 16.7. The molecule has 1 aliphatic heterocycles. The first-order valence-electron chi connectivity index (χ1n) is 9.18. The fourth-order valence-corrected chi connectivity index (χ4v) is 4.89. The summed E-state index contributed by atoms with van der Waals surface area (Å²) in [7, 11) is -4.16. The van der Waals surface area contributed by atoms with E-state index >= 15 is 0 Å². The molecule has 0 spiro atoms. The number of pyridine rings is 1. The van der Waals surface area contributed by atoms with Gasteiger partial charge in [-0.2, -0.15) is 18.4 Å². The van der Waals surface area contributed by atoms with Gasteiger partial charge >= 0.3 is 6.18 Å². The van der Waals surface area contributed by atoms with Crippen molar-refractivity contribution in [1.82, 2.24) is 9.71 Å². The number of nitrogens with zero attached hydrogens (tertiary/aromatic N) is 3. The Kier molecular flexibility index (Phi) is 6.97. The monoisotopic (exact) mass is 535 g/mol. The number of aromatic carboxylic acids is 1. The maximum absolute atomic E-state index is 13.2. The molecule has 2 aromatic rings. The second-order valence-electron chi connectivity index (χ2n) is 7.22. The van der Waals surface area contributed by atoms with Gasteiger partial charge in [0.25, 0.3) is 0 Å². The SMILES string of the molecule is N#Cc1cc(C(=O)[O-])c(C(F)(F)F)nc1N1CC(C(=O)NS(=O)(=O)Cc2ccc(Cl)cc2Cl)C1. The van der Waals surface area contributed by atoms with Gasteiger partial charge < -0.3 is 14.8 Å². The van der Waals surface area contributed by atoms with E-state index in [-0.39, 0.29) is 28.7 Å². The number of sulfonamides is 1. The third kappa shape index (κ3) is 5.52. The van der Waals surface area contributed by atoms with Crippen LogP contribution in [0.5, 0.6) is 0 Å². The van der Waals surface area contributed by atoms with Crippen LogP contribution >= 0.6 is 23.2 Å². The molecule has 15 heteroatoms. The van der Waals surface area contributed by atoms with Crippen molar-refractivity contribution in [3.05, 3.63) is 56.7 Å². The number of rotatable bonds is 6. The van der Waals surface area contributed by atoms with Crippen LogP contribution in [0.4, 0.5) is 19.0 Å². The Bertz CT molecular complexity index is 1320. The molecule has 0 unspecified atom stereocenters. The van der Waals surface area contributed by atoms with Crippen LogP contribution in [-0.4, -0.2) is 38.4 Å². The normalized spacial score (nSPS) is 14.3. The summed E-state index contributed by atoms with van der Waals surface area (Å²) in [5.74, 6) is -5.12. The molecule has 1 aromatic heterocycles. The Labute approximate surface area is 200 Å². The average molecular weight is 536 g/mol. The van der Waals surface area contributed by atoms with Crippen molar-refractivity contribution in [2.45, 2.75) is 11.9 Å². The first-order chi connectivity index (χ1) is 15.7. The predicted octanol–water partition coefficient (Wildman–Crippen LogP) is 1.72. The van der Waals surface area contributed by atoms with E-state index in [9.17, 15) is 41.5 Å². The minimum absolute atomic E-state index is 0.0794. The van der Waals surface area contributed by atoms with Gasteiger partial charge in [0.15, 0.2) is 5.69 Å². The lowest BCUT2D eigenvalue weighted by molar-refractivity contribution is -0.255. The number of hydrogen-bond acceptors (Lipinski definition) is 8. The number of amides is 1. The Balaban J connectivity index is 1.73. The van der Waals surface area contributed by atoms with Crippen LogP contribution in [0.1, 0.15) is 27.2 Å². The first kappa shape index (κ1) is 25.5. The van der Waals surface area contributed by atoms with Gasteiger partial charge in [0.05, 0.1) is 23.2 Å². The van der Waals surface area contributed by atoms with E-state index in [0.29, 0.717) is 6.07 Å². The van der Waals surface area contributed by atoms with Gasteiger partial charge in [0.1, 0.15) is 11.9 Å². The highest BCUT2D eigenvalue weighted by Gasteiger charge is 2.40. The second-order valence-corrected chi connectivity index (χ2v) is 9.78. The number of nitriles is 1. The van der Waals surface area contributed by atoms with Crippen LogP contribution in [-0.2, 0) is 26.7 Å². The van der Waals surface area contributed by atoms with E-state index < -0.39 is 62.4 Å². The summed E-state index contributed by atoms with van der Waals surface area (Å²) in [5, 5.41) is 20.6. The summed E-state index contributed by atoms with van der Waals surface area (Å²) in [6, 6.07) is 6.18. The maximum atomic E-state index is 13.2. The molecule has 1 fully saturated rings. The van der Waals surface area contributed by atoms with Gasteiger partial charge in [-0.3, -0.25) is 9.52 Å². The van der Waals surface area contributed by atoms with Gasteiger partial charge in [0, 0.05) is 28.7 Å². The van der Waals surface area contributed by atoms with Crippen LogP contribution in [0.2, 0.25) is 10.0 Å². The Morgan fingerprint density at radius 3 is 2.44 bits per heavy atom. The van der Waals surface area contributed by atoms with Gasteiger partial charge in [-0.1, -0.05) is 29.3 Å². The molecule has 2 heterocycles. The zero-order valence-corrected chi connectivity index (χ0v) is 19.0. The second kappa shape index (κ2) is 9.28. The lowest BCUT2D eigenvalue weighted by Gasteiger charge is -2.39. The Hall–Kier alpha value is -3.08. The lowest BCUT2D eigenvalue weighted by atomic mass is 9.98. The molecule has 34 heavy (non-hydrogen) atoms. The summed E-state index contributed by atoms with van der Waals surface area (Å²) in [5.41, 5.74) is -3.33. The molecule has 0 atom stereocenters. The van der Waals surface area contributed by atoms with E-state index in [4.69, 9.17) is 23.2 Å². The molecule has 0 aliphatic carbocycles. The number of hydrogen-bond donors (Lipinski definition) is 1. The van der Waals surface area contributed by atoms with E-state index in [2.05, 4.69) is 4.98 Å². The number of carbonyl (C=O) groups excluding carboxylic acids is 2. The molecule has 0 saturated carbocycles. The van der Waals surface area contributed by atoms with E-state index in [1.807, 2.05) is 4.72 Å². The number of carboxylic acid groups (broad SMARTS) is 1. The average Bonchev–Trinajstić information content (AvgIpc) is 2.67. The topological polar surface area (TPSA) is 143 Å². The molecule has 1 saturated heterocycles. The highest BCUT2D eigenvalue weighted by atomic mass is 35.5. The zero-order chi connectivity index (χ0) is 25.4. The van der Waals surface area contributed by atoms with Crippen molar-refractivity contribution >= 4 is 50.9 Å². The molecule has 0 bridgehead atoms. The Morgan fingerprint density at radius 1 is 1.26 bits per heavy atom. The fraction of sp³-hybridized carbons (Fsp3) is 0.263. The van der Waals surface area contributed by atoms with Crippen LogP contribution in [0.25, 0.3) is 0 Å². The third-order valence-corrected chi connectivity index (χ3v) is 6.57. The number of aromatic nitrogens is 1. The summed E-state index contributed by atoms with van der Waals surface area (Å²) in [6.07, 6.45) is -5.14. The molecule has 1 aliphatic rings. The van der Waals surface area contributed by atoms with Crippen molar-refractivity contribution < 1.29 is 36.3 Å². The molecule has 1 N–H and O–H groups in total. The molecule has 0 radical (unpaired) electrons. The van der Waals surface area contributed by atoms with Gasteiger partial charge in [-0.05, 0) is 23.8 Å². The van der Waals surface area contributed by atoms with Gasteiger partial charge in [-0.15, -0.1) is 0 Å². The quantitative estimate of drug-likeness (QED) is 0.588. The third-order valence-electron chi connectivity index (χ3n) is 4.78. The fourth-order valence-electron chi connectivity index (χ4n) is 3.13. The highest BCUT2D eigenvalue weighted by Crippen LogP contribution is 2.35. The van der Waals surface area contributed by atoms with Crippen molar-refractivity contribution in [1.29, 1.82) is 5.26 Å². The number of nitrogens with one attached hydrogen (secondary N) is 1. The van der Waals surface area contributed by atoms with Crippen molar-refractivity contribution in [2.75, 3.05) is 18.0 Å². The largest absolute Gasteiger partial charge is 0.545 e. The lowest BCUT2D eigenvalue weighted by Crippen LogP contribution is -2.55. The molecule has 1 aromatic carbocycles. The molecule has 9 nitrogen and oxygen atoms in total. The minimum Gasteiger partial charge on any atom is -0.545 e. The van der Waals surface area contributed by atoms with Gasteiger partial charge in [-0.25, -0.2) is 13.4 Å². The van der Waals surface area contributed by atoms with Crippen molar-refractivity contribution in [2.24, 2.45) is 5.92 Å². The number of alkyl halides is 3. The van der Waals surface area contributed by atoms with Crippen molar-refractivity contribution in [3.63, 3.8) is 0 Å². The summed E-state index contributed by atoms with van der Waals surface area (Å²) in [6.45, 7) is -0.514. The number of benzene rings is 1. The summed E-state index contributed by atoms with van der Waals surface area (Å²) in [4.78, 5) is 27.8. The highest BCUT2D eigenvalue weighted by molar-refractivity contribution is 7.89. The number of carbonyl (C=O) groups is 2. The smallest absolute Gasteiger partial charge is 0.434 e. The maximum Gasteiger partial charge on any atom is 0.434 e. The number of anilines is 1. The number of carboxylic acids is 1. The van der Waals surface area contributed by atoms with Crippen LogP contribution in [0.3, 0.4) is 0 Å². The van der Waals surface area contributed by atoms with E-state index in [0.717, 1.165) is 4.90 Å². The van der Waals surface area contributed by atoms with Gasteiger partial charge in [0.2, 0.25) is 15.9 Å². The predicted molar refractivity (Wildman–Crippen MR) is 111 cm³/mol. The van der Waals surface area contributed by atoms with Crippen molar-refractivity contribution in [3.8, 4) is 6.07 Å². The van der Waals surface area contributed by atoms with Crippen LogP contribution in [0, 0.1) is 17.2 Å². The van der Waals surface area contributed by atoms with Crippen LogP contribution in [0.15, 0.2) is 24.3 Å². The Morgan fingerprint density at radius 2 is 1.91 bits per heavy atom. The van der Waals surface area contributed by atoms with E-state index in [1.54, 1.807) is 6.07 Å².